The van der Waals surface area contributed by atoms with Crippen LogP contribution in [0.4, 0.5) is 0 Å². The van der Waals surface area contributed by atoms with E-state index in [-0.39, 0.29) is 0 Å². The first-order chi connectivity index (χ1) is 8.56. The third-order valence-electron chi connectivity index (χ3n) is 3.96. The summed E-state index contributed by atoms with van der Waals surface area (Å²) >= 11 is 0. The lowest BCUT2D eigenvalue weighted by Gasteiger charge is -2.35. The van der Waals surface area contributed by atoms with Gasteiger partial charge in [0.25, 0.3) is 0 Å². The summed E-state index contributed by atoms with van der Waals surface area (Å²) in [6.45, 7) is 15.3. The number of nitrogens with one attached hydrogen (secondary N) is 1. The molecule has 0 radical (unpaired) electrons. The van der Waals surface area contributed by atoms with Gasteiger partial charge in [0, 0.05) is 18.6 Å². The van der Waals surface area contributed by atoms with Crippen molar-refractivity contribution in [1.29, 1.82) is 0 Å². The summed E-state index contributed by atoms with van der Waals surface area (Å²) in [6.07, 6.45) is 5.43. The monoisotopic (exact) mass is 254 g/mol. The molecule has 1 atom stereocenters. The van der Waals surface area contributed by atoms with E-state index in [1.54, 1.807) is 0 Å². The van der Waals surface area contributed by atoms with E-state index in [1.165, 1.54) is 38.8 Å². The van der Waals surface area contributed by atoms with Crippen LogP contribution >= 0.6 is 0 Å². The van der Waals surface area contributed by atoms with E-state index in [0.717, 1.165) is 30.5 Å². The van der Waals surface area contributed by atoms with Gasteiger partial charge in [0.1, 0.15) is 0 Å². The fourth-order valence-electron chi connectivity index (χ4n) is 2.60. The Labute approximate surface area is 115 Å². The van der Waals surface area contributed by atoms with Crippen molar-refractivity contribution in [3.05, 3.63) is 0 Å². The SMILES string of the molecule is CCCNCC(C(C)C)N(CCC(C)C)C1CC1. The van der Waals surface area contributed by atoms with E-state index in [1.807, 2.05) is 0 Å². The summed E-state index contributed by atoms with van der Waals surface area (Å²) in [5, 5.41) is 3.63. The predicted molar refractivity (Wildman–Crippen MR) is 81.0 cm³/mol. The van der Waals surface area contributed by atoms with Crippen molar-refractivity contribution in [2.75, 3.05) is 19.6 Å². The fourth-order valence-corrected chi connectivity index (χ4v) is 2.60. The van der Waals surface area contributed by atoms with Crippen LogP contribution in [0.5, 0.6) is 0 Å². The highest BCUT2D eigenvalue weighted by atomic mass is 15.2. The van der Waals surface area contributed by atoms with Crippen LogP contribution in [0.25, 0.3) is 0 Å². The van der Waals surface area contributed by atoms with E-state index in [2.05, 4.69) is 44.8 Å². The summed E-state index contributed by atoms with van der Waals surface area (Å²) in [7, 11) is 0. The zero-order valence-corrected chi connectivity index (χ0v) is 13.2. The molecule has 1 unspecified atom stereocenters. The zero-order valence-electron chi connectivity index (χ0n) is 13.2. The summed E-state index contributed by atoms with van der Waals surface area (Å²) in [4.78, 5) is 2.80. The summed E-state index contributed by atoms with van der Waals surface area (Å²) < 4.78 is 0. The van der Waals surface area contributed by atoms with E-state index in [0.29, 0.717) is 0 Å². The van der Waals surface area contributed by atoms with E-state index < -0.39 is 0 Å². The summed E-state index contributed by atoms with van der Waals surface area (Å²) in [5.41, 5.74) is 0. The summed E-state index contributed by atoms with van der Waals surface area (Å²) in [6, 6.07) is 1.61. The molecular weight excluding hydrogens is 220 g/mol. The number of hydrogen-bond donors (Lipinski definition) is 1. The maximum atomic E-state index is 3.63. The van der Waals surface area contributed by atoms with Gasteiger partial charge in [0.15, 0.2) is 0 Å². The van der Waals surface area contributed by atoms with Crippen LogP contribution < -0.4 is 5.32 Å². The third kappa shape index (κ3) is 5.71. The second-order valence-electron chi connectivity index (χ2n) is 6.67. The van der Waals surface area contributed by atoms with Crippen LogP contribution in [-0.2, 0) is 0 Å². The zero-order chi connectivity index (χ0) is 13.5. The Morgan fingerprint density at radius 1 is 1.17 bits per heavy atom. The molecule has 1 fully saturated rings. The Kier molecular flexibility index (Phi) is 7.25. The van der Waals surface area contributed by atoms with Crippen molar-refractivity contribution >= 4 is 0 Å². The Bertz CT molecular complexity index is 209. The maximum absolute atomic E-state index is 3.63. The van der Waals surface area contributed by atoms with Gasteiger partial charge in [-0.25, -0.2) is 0 Å². The van der Waals surface area contributed by atoms with E-state index in [9.17, 15) is 0 Å². The number of rotatable bonds is 10. The first-order valence-corrected chi connectivity index (χ1v) is 8.02. The Hall–Kier alpha value is -0.0800. The van der Waals surface area contributed by atoms with Gasteiger partial charge in [-0.1, -0.05) is 34.6 Å². The highest BCUT2D eigenvalue weighted by molar-refractivity contribution is 4.90. The minimum absolute atomic E-state index is 0.725. The van der Waals surface area contributed by atoms with Crippen LogP contribution in [0, 0.1) is 11.8 Å². The van der Waals surface area contributed by atoms with Crippen LogP contribution in [0.1, 0.15) is 60.3 Å². The molecule has 18 heavy (non-hydrogen) atoms. The molecule has 0 aliphatic heterocycles. The van der Waals surface area contributed by atoms with Crippen molar-refractivity contribution in [1.82, 2.24) is 10.2 Å². The standard InChI is InChI=1S/C16H34N2/c1-6-10-17-12-16(14(4)5)18(15-7-8-15)11-9-13(2)3/h13-17H,6-12H2,1-5H3. The third-order valence-corrected chi connectivity index (χ3v) is 3.96. The van der Waals surface area contributed by atoms with Crippen LogP contribution in [0.3, 0.4) is 0 Å². The molecule has 1 rings (SSSR count). The smallest absolute Gasteiger partial charge is 0.0246 e. The predicted octanol–water partition coefficient (Wildman–Crippen LogP) is 3.52. The van der Waals surface area contributed by atoms with Gasteiger partial charge in [0.2, 0.25) is 0 Å². The molecule has 0 spiro atoms. The molecule has 1 N–H and O–H groups in total. The average molecular weight is 254 g/mol. The van der Waals surface area contributed by atoms with Gasteiger partial charge in [-0.3, -0.25) is 4.90 Å². The molecular formula is C16H34N2. The summed E-state index contributed by atoms with van der Waals surface area (Å²) in [5.74, 6) is 1.57. The molecule has 1 saturated carbocycles. The second kappa shape index (κ2) is 8.16. The average Bonchev–Trinajstić information content (AvgIpc) is 3.10. The topological polar surface area (TPSA) is 15.3 Å². The van der Waals surface area contributed by atoms with Gasteiger partial charge >= 0.3 is 0 Å². The lowest BCUT2D eigenvalue weighted by atomic mass is 10.0. The Balaban J connectivity index is 2.48. The van der Waals surface area contributed by atoms with Crippen molar-refractivity contribution in [3.63, 3.8) is 0 Å². The lowest BCUT2D eigenvalue weighted by Crippen LogP contribution is -2.47. The largest absolute Gasteiger partial charge is 0.315 e. The van der Waals surface area contributed by atoms with Crippen LogP contribution in [-0.4, -0.2) is 36.6 Å². The molecule has 0 aromatic heterocycles. The van der Waals surface area contributed by atoms with Crippen molar-refractivity contribution in [2.45, 2.75) is 72.4 Å². The maximum Gasteiger partial charge on any atom is 0.0246 e. The van der Waals surface area contributed by atoms with Gasteiger partial charge in [-0.05, 0) is 50.6 Å². The lowest BCUT2D eigenvalue weighted by molar-refractivity contribution is 0.135. The molecule has 0 aromatic rings. The first kappa shape index (κ1) is 16.0. The first-order valence-electron chi connectivity index (χ1n) is 8.02. The normalized spacial score (nSPS) is 18.0. The second-order valence-corrected chi connectivity index (χ2v) is 6.67. The molecule has 1 aliphatic rings. The quantitative estimate of drug-likeness (QED) is 0.600. The van der Waals surface area contributed by atoms with E-state index in [4.69, 9.17) is 0 Å². The van der Waals surface area contributed by atoms with Gasteiger partial charge in [-0.2, -0.15) is 0 Å². The molecule has 0 aromatic carbocycles. The molecule has 0 bridgehead atoms. The molecule has 0 saturated heterocycles. The van der Waals surface area contributed by atoms with E-state index >= 15 is 0 Å². The van der Waals surface area contributed by atoms with Gasteiger partial charge in [0.05, 0.1) is 0 Å². The Morgan fingerprint density at radius 2 is 1.83 bits per heavy atom. The molecule has 108 valence electrons. The van der Waals surface area contributed by atoms with Crippen molar-refractivity contribution in [2.24, 2.45) is 11.8 Å². The molecule has 1 aliphatic carbocycles. The minimum Gasteiger partial charge on any atom is -0.315 e. The van der Waals surface area contributed by atoms with Crippen LogP contribution in [0.2, 0.25) is 0 Å². The van der Waals surface area contributed by atoms with Gasteiger partial charge < -0.3 is 5.32 Å². The highest BCUT2D eigenvalue weighted by Gasteiger charge is 2.34. The number of hydrogen-bond acceptors (Lipinski definition) is 2. The Morgan fingerprint density at radius 3 is 2.28 bits per heavy atom. The molecule has 0 heterocycles. The van der Waals surface area contributed by atoms with Gasteiger partial charge in [-0.15, -0.1) is 0 Å². The van der Waals surface area contributed by atoms with Crippen molar-refractivity contribution < 1.29 is 0 Å². The highest BCUT2D eigenvalue weighted by Crippen LogP contribution is 2.31. The molecule has 2 heteroatoms. The van der Waals surface area contributed by atoms with Crippen LogP contribution in [0.15, 0.2) is 0 Å². The molecule has 2 nitrogen and oxygen atoms in total. The van der Waals surface area contributed by atoms with Crippen molar-refractivity contribution in [3.8, 4) is 0 Å². The minimum atomic E-state index is 0.725. The fraction of sp³-hybridized carbons (Fsp3) is 1.00. The number of nitrogens with zero attached hydrogens (tertiary/aromatic N) is 1. The molecule has 0 amide bonds.